The number of nitrogens with zero attached hydrogens (tertiary/aromatic N) is 3. The molecule has 0 atom stereocenters. The molecular formula is C15H16N4. The number of aromatic nitrogens is 1. The van der Waals surface area contributed by atoms with Crippen molar-refractivity contribution in [3.63, 3.8) is 0 Å². The number of para-hydroxylation sites is 1. The summed E-state index contributed by atoms with van der Waals surface area (Å²) < 4.78 is 0. The molecule has 0 bridgehead atoms. The maximum Gasteiger partial charge on any atom is 0.133 e. The van der Waals surface area contributed by atoms with Crippen molar-refractivity contribution in [2.24, 2.45) is 0 Å². The maximum absolute atomic E-state index is 8.79. The van der Waals surface area contributed by atoms with E-state index in [0.29, 0.717) is 18.7 Å². The van der Waals surface area contributed by atoms with E-state index in [4.69, 9.17) is 11.0 Å². The third-order valence-electron chi connectivity index (χ3n) is 2.93. The van der Waals surface area contributed by atoms with Crippen LogP contribution in [0.15, 0.2) is 42.6 Å². The molecule has 1 heterocycles. The lowest BCUT2D eigenvalue weighted by molar-refractivity contribution is 0.926. The van der Waals surface area contributed by atoms with E-state index < -0.39 is 0 Å². The second-order valence-electron chi connectivity index (χ2n) is 4.29. The van der Waals surface area contributed by atoms with Crippen molar-refractivity contribution < 1.29 is 0 Å². The lowest BCUT2D eigenvalue weighted by Gasteiger charge is -2.23. The van der Waals surface area contributed by atoms with Crippen LogP contribution in [-0.4, -0.2) is 11.5 Å². The van der Waals surface area contributed by atoms with Gasteiger partial charge in [0.15, 0.2) is 0 Å². The second-order valence-corrected chi connectivity index (χ2v) is 4.29. The molecule has 0 spiro atoms. The first-order valence-electron chi connectivity index (χ1n) is 6.14. The molecule has 0 radical (unpaired) electrons. The van der Waals surface area contributed by atoms with Gasteiger partial charge >= 0.3 is 0 Å². The second kappa shape index (κ2) is 5.87. The van der Waals surface area contributed by atoms with Gasteiger partial charge in [0.25, 0.3) is 0 Å². The number of hydrogen-bond donors (Lipinski definition) is 1. The lowest BCUT2D eigenvalue weighted by atomic mass is 10.2. The van der Waals surface area contributed by atoms with Gasteiger partial charge in [0.1, 0.15) is 5.82 Å². The molecule has 2 rings (SSSR count). The largest absolute Gasteiger partial charge is 0.397 e. The van der Waals surface area contributed by atoms with E-state index in [1.807, 2.05) is 48.2 Å². The van der Waals surface area contributed by atoms with Gasteiger partial charge in [0.2, 0.25) is 0 Å². The Hall–Kier alpha value is -2.54. The van der Waals surface area contributed by atoms with Crippen LogP contribution < -0.4 is 10.6 Å². The summed E-state index contributed by atoms with van der Waals surface area (Å²) in [6.45, 7) is 2.56. The van der Waals surface area contributed by atoms with Gasteiger partial charge in [0, 0.05) is 12.2 Å². The molecule has 4 nitrogen and oxygen atoms in total. The molecule has 2 N–H and O–H groups in total. The van der Waals surface area contributed by atoms with Crippen molar-refractivity contribution >= 4 is 17.2 Å². The highest BCUT2D eigenvalue weighted by Crippen LogP contribution is 2.25. The van der Waals surface area contributed by atoms with E-state index in [9.17, 15) is 0 Å². The zero-order chi connectivity index (χ0) is 13.7. The maximum atomic E-state index is 8.79. The molecule has 0 fully saturated rings. The third-order valence-corrected chi connectivity index (χ3v) is 2.93. The highest BCUT2D eigenvalue weighted by Gasteiger charge is 2.10. The van der Waals surface area contributed by atoms with E-state index >= 15 is 0 Å². The summed E-state index contributed by atoms with van der Waals surface area (Å²) in [7, 11) is 0. The van der Waals surface area contributed by atoms with Gasteiger partial charge in [-0.15, -0.1) is 0 Å². The van der Waals surface area contributed by atoms with Gasteiger partial charge in [-0.25, -0.2) is 4.98 Å². The molecule has 4 heteroatoms. The Kier molecular flexibility index (Phi) is 3.99. The van der Waals surface area contributed by atoms with Gasteiger partial charge < -0.3 is 10.6 Å². The Labute approximate surface area is 113 Å². The Bertz CT molecular complexity index is 587. The van der Waals surface area contributed by atoms with Crippen LogP contribution in [0, 0.1) is 18.3 Å². The number of anilines is 3. The van der Waals surface area contributed by atoms with Gasteiger partial charge in [-0.2, -0.15) is 5.26 Å². The quantitative estimate of drug-likeness (QED) is 0.908. The van der Waals surface area contributed by atoms with Gasteiger partial charge in [0.05, 0.1) is 24.4 Å². The normalized spacial score (nSPS) is 9.89. The van der Waals surface area contributed by atoms with Crippen LogP contribution in [0.5, 0.6) is 0 Å². The van der Waals surface area contributed by atoms with Crippen LogP contribution in [0.4, 0.5) is 17.2 Å². The fourth-order valence-corrected chi connectivity index (χ4v) is 1.85. The van der Waals surface area contributed by atoms with Crippen molar-refractivity contribution in [1.29, 1.82) is 5.26 Å². The Balaban J connectivity index is 2.37. The smallest absolute Gasteiger partial charge is 0.133 e. The van der Waals surface area contributed by atoms with Crippen LogP contribution in [-0.2, 0) is 0 Å². The molecule has 0 amide bonds. The summed E-state index contributed by atoms with van der Waals surface area (Å²) in [6, 6.07) is 14.0. The number of benzene rings is 1. The fraction of sp³-hybridized carbons (Fsp3) is 0.200. The number of hydrogen-bond acceptors (Lipinski definition) is 4. The topological polar surface area (TPSA) is 65.9 Å². The van der Waals surface area contributed by atoms with Crippen LogP contribution in [0.3, 0.4) is 0 Å². The third kappa shape index (κ3) is 3.02. The molecule has 0 saturated heterocycles. The van der Waals surface area contributed by atoms with Crippen LogP contribution in [0.2, 0.25) is 0 Å². The highest BCUT2D eigenvalue weighted by atomic mass is 15.2. The Morgan fingerprint density at radius 1 is 1.32 bits per heavy atom. The summed E-state index contributed by atoms with van der Waals surface area (Å²) in [6.07, 6.45) is 2.10. The minimum atomic E-state index is 0.444. The minimum absolute atomic E-state index is 0.444. The van der Waals surface area contributed by atoms with Crippen molar-refractivity contribution in [2.45, 2.75) is 13.3 Å². The monoisotopic (exact) mass is 252 g/mol. The van der Waals surface area contributed by atoms with Crippen molar-refractivity contribution in [3.05, 3.63) is 48.2 Å². The average molecular weight is 252 g/mol. The molecule has 0 aliphatic heterocycles. The van der Waals surface area contributed by atoms with E-state index in [2.05, 4.69) is 11.1 Å². The van der Waals surface area contributed by atoms with E-state index in [-0.39, 0.29) is 0 Å². The van der Waals surface area contributed by atoms with Crippen LogP contribution in [0.25, 0.3) is 0 Å². The number of nitriles is 1. The Morgan fingerprint density at radius 2 is 2.05 bits per heavy atom. The van der Waals surface area contributed by atoms with Crippen molar-refractivity contribution in [2.75, 3.05) is 17.2 Å². The predicted octanol–water partition coefficient (Wildman–Crippen LogP) is 3.02. The van der Waals surface area contributed by atoms with Gasteiger partial charge in [-0.1, -0.05) is 18.2 Å². The molecule has 0 aliphatic rings. The molecule has 96 valence electrons. The number of rotatable bonds is 4. The Morgan fingerprint density at radius 3 is 2.68 bits per heavy atom. The van der Waals surface area contributed by atoms with Crippen molar-refractivity contribution in [1.82, 2.24) is 4.98 Å². The van der Waals surface area contributed by atoms with Gasteiger partial charge in [-0.05, 0) is 30.7 Å². The number of nitrogen functional groups attached to an aromatic ring is 1. The molecular weight excluding hydrogens is 236 g/mol. The summed E-state index contributed by atoms with van der Waals surface area (Å²) in [4.78, 5) is 6.38. The average Bonchev–Trinajstić information content (AvgIpc) is 2.44. The molecule has 19 heavy (non-hydrogen) atoms. The zero-order valence-electron chi connectivity index (χ0n) is 10.9. The summed E-state index contributed by atoms with van der Waals surface area (Å²) >= 11 is 0. The number of nitrogens with two attached hydrogens (primary N) is 1. The zero-order valence-corrected chi connectivity index (χ0v) is 10.9. The van der Waals surface area contributed by atoms with Crippen LogP contribution in [0.1, 0.15) is 12.0 Å². The van der Waals surface area contributed by atoms with E-state index in [1.165, 1.54) is 0 Å². The number of aryl methyl sites for hydroxylation is 1. The molecule has 1 aromatic heterocycles. The van der Waals surface area contributed by atoms with E-state index in [0.717, 1.165) is 17.1 Å². The summed E-state index contributed by atoms with van der Waals surface area (Å²) in [5.41, 5.74) is 8.48. The van der Waals surface area contributed by atoms with Gasteiger partial charge in [-0.3, -0.25) is 0 Å². The SMILES string of the molecule is Cc1cc(N(CCC#N)c2ccccc2)ncc1N. The van der Waals surface area contributed by atoms with Crippen LogP contribution >= 0.6 is 0 Å². The fourth-order valence-electron chi connectivity index (χ4n) is 1.85. The standard InChI is InChI=1S/C15H16N4/c1-12-10-15(18-11-14(12)17)19(9-5-8-16)13-6-3-2-4-7-13/h2-4,6-7,10-11H,5,9,17H2,1H3. The molecule has 0 aliphatic carbocycles. The van der Waals surface area contributed by atoms with E-state index in [1.54, 1.807) is 6.20 Å². The first-order valence-corrected chi connectivity index (χ1v) is 6.14. The number of pyridine rings is 1. The predicted molar refractivity (Wildman–Crippen MR) is 77.1 cm³/mol. The molecule has 0 unspecified atom stereocenters. The first-order chi connectivity index (χ1) is 9.22. The molecule has 0 saturated carbocycles. The first kappa shape index (κ1) is 12.9. The highest BCUT2D eigenvalue weighted by molar-refractivity contribution is 5.62. The molecule has 1 aromatic carbocycles. The summed E-state index contributed by atoms with van der Waals surface area (Å²) in [5.74, 6) is 0.813. The summed E-state index contributed by atoms with van der Waals surface area (Å²) in [5, 5.41) is 8.79. The van der Waals surface area contributed by atoms with Crippen molar-refractivity contribution in [3.8, 4) is 6.07 Å². The lowest BCUT2D eigenvalue weighted by Crippen LogP contribution is -2.19. The minimum Gasteiger partial charge on any atom is -0.397 e. The molecule has 2 aromatic rings.